The third kappa shape index (κ3) is 2.52. The maximum atomic E-state index is 11.1. The molecule has 0 aliphatic heterocycles. The van der Waals surface area contributed by atoms with E-state index >= 15 is 0 Å². The van der Waals surface area contributed by atoms with Crippen LogP contribution in [-0.4, -0.2) is 36.6 Å². The molecule has 0 spiro atoms. The van der Waals surface area contributed by atoms with Crippen molar-refractivity contribution in [2.24, 2.45) is 0 Å². The fourth-order valence-electron chi connectivity index (χ4n) is 1.55. The van der Waals surface area contributed by atoms with E-state index in [2.05, 4.69) is 14.7 Å². The third-order valence-electron chi connectivity index (χ3n) is 2.48. The Morgan fingerprint density at radius 2 is 2.35 bits per heavy atom. The summed E-state index contributed by atoms with van der Waals surface area (Å²) < 4.78 is 4.61. The zero-order valence-corrected chi connectivity index (χ0v) is 10.5. The fourth-order valence-corrected chi connectivity index (χ4v) is 2.28. The molecule has 2 rings (SSSR count). The summed E-state index contributed by atoms with van der Waals surface area (Å²) in [6.07, 6.45) is 1.89. The molecule has 0 aliphatic rings. The number of esters is 1. The van der Waals surface area contributed by atoms with Gasteiger partial charge in [0, 0.05) is 13.6 Å². The van der Waals surface area contributed by atoms with Gasteiger partial charge >= 0.3 is 5.97 Å². The largest absolute Gasteiger partial charge is 0.469 e. The first-order valence-corrected chi connectivity index (χ1v) is 6.06. The second-order valence-electron chi connectivity index (χ2n) is 3.58. The highest BCUT2D eigenvalue weighted by Gasteiger charge is 2.10. The molecule has 0 aliphatic carbocycles. The molecule has 0 atom stereocenters. The van der Waals surface area contributed by atoms with Gasteiger partial charge in [-0.3, -0.25) is 4.79 Å². The number of carbonyl (C=O) groups excluding carboxylic acids is 1. The molecule has 2 aromatic rings. The number of thiophene rings is 1. The molecule has 90 valence electrons. The third-order valence-corrected chi connectivity index (χ3v) is 3.30. The standard InChI is InChI=1S/C11H13N3O2S/c1-14(5-3-9(15)16-2)10-8-4-6-17-11(8)13-7-12-10/h4,6-7H,3,5H2,1-2H3. The summed E-state index contributed by atoms with van der Waals surface area (Å²) in [5, 5.41) is 3.00. The Labute approximate surface area is 103 Å². The van der Waals surface area contributed by atoms with Crippen molar-refractivity contribution >= 4 is 33.3 Å². The lowest BCUT2D eigenvalue weighted by Gasteiger charge is -2.17. The highest BCUT2D eigenvalue weighted by molar-refractivity contribution is 7.16. The predicted molar refractivity (Wildman–Crippen MR) is 67.3 cm³/mol. The summed E-state index contributed by atoms with van der Waals surface area (Å²) in [5.74, 6) is 0.632. The summed E-state index contributed by atoms with van der Waals surface area (Å²) in [6, 6.07) is 1.99. The molecule has 2 aromatic heterocycles. The average Bonchev–Trinajstić information content (AvgIpc) is 2.83. The van der Waals surface area contributed by atoms with Crippen molar-refractivity contribution in [3.05, 3.63) is 17.8 Å². The van der Waals surface area contributed by atoms with E-state index in [0.29, 0.717) is 13.0 Å². The van der Waals surface area contributed by atoms with Crippen LogP contribution < -0.4 is 4.90 Å². The van der Waals surface area contributed by atoms with Crippen molar-refractivity contribution in [1.29, 1.82) is 0 Å². The van der Waals surface area contributed by atoms with E-state index < -0.39 is 0 Å². The van der Waals surface area contributed by atoms with Crippen molar-refractivity contribution in [2.45, 2.75) is 6.42 Å². The summed E-state index contributed by atoms with van der Waals surface area (Å²) >= 11 is 1.58. The lowest BCUT2D eigenvalue weighted by atomic mass is 10.3. The van der Waals surface area contributed by atoms with Gasteiger partial charge in [-0.1, -0.05) is 0 Å². The first kappa shape index (κ1) is 11.8. The monoisotopic (exact) mass is 251 g/mol. The van der Waals surface area contributed by atoms with Crippen LogP contribution >= 0.6 is 11.3 Å². The topological polar surface area (TPSA) is 55.3 Å². The summed E-state index contributed by atoms with van der Waals surface area (Å²) in [6.45, 7) is 0.578. The summed E-state index contributed by atoms with van der Waals surface area (Å²) in [5.41, 5.74) is 0. The van der Waals surface area contributed by atoms with Gasteiger partial charge in [-0.15, -0.1) is 11.3 Å². The van der Waals surface area contributed by atoms with E-state index in [1.54, 1.807) is 17.7 Å². The Hall–Kier alpha value is -1.69. The SMILES string of the molecule is COC(=O)CCN(C)c1ncnc2sccc12. The molecular formula is C11H13N3O2S. The molecule has 0 saturated heterocycles. The highest BCUT2D eigenvalue weighted by atomic mass is 32.1. The maximum absolute atomic E-state index is 11.1. The van der Waals surface area contributed by atoms with Crippen LogP contribution in [0.2, 0.25) is 0 Å². The van der Waals surface area contributed by atoms with Gasteiger partial charge in [-0.05, 0) is 11.4 Å². The van der Waals surface area contributed by atoms with Crippen LogP contribution in [0.1, 0.15) is 6.42 Å². The lowest BCUT2D eigenvalue weighted by molar-refractivity contribution is -0.140. The summed E-state index contributed by atoms with van der Waals surface area (Å²) in [4.78, 5) is 22.4. The lowest BCUT2D eigenvalue weighted by Crippen LogP contribution is -2.22. The first-order valence-electron chi connectivity index (χ1n) is 5.18. The van der Waals surface area contributed by atoms with Gasteiger partial charge in [0.05, 0.1) is 18.9 Å². The van der Waals surface area contributed by atoms with Crippen LogP contribution in [0.25, 0.3) is 10.2 Å². The number of nitrogens with zero attached hydrogens (tertiary/aromatic N) is 3. The molecule has 6 heteroatoms. The molecule has 0 bridgehead atoms. The Kier molecular flexibility index (Phi) is 3.53. The van der Waals surface area contributed by atoms with Crippen LogP contribution in [0.4, 0.5) is 5.82 Å². The molecule has 0 radical (unpaired) electrons. The van der Waals surface area contributed by atoms with Crippen LogP contribution in [-0.2, 0) is 9.53 Å². The first-order chi connectivity index (χ1) is 8.22. The van der Waals surface area contributed by atoms with E-state index in [4.69, 9.17) is 0 Å². The van der Waals surface area contributed by atoms with Gasteiger partial charge in [0.2, 0.25) is 0 Å². The van der Waals surface area contributed by atoms with Gasteiger partial charge in [0.25, 0.3) is 0 Å². The molecule has 0 unspecified atom stereocenters. The number of methoxy groups -OCH3 is 1. The van der Waals surface area contributed by atoms with E-state index in [0.717, 1.165) is 16.0 Å². The molecule has 0 saturated carbocycles. The van der Waals surface area contributed by atoms with Crippen LogP contribution in [0.15, 0.2) is 17.8 Å². The van der Waals surface area contributed by atoms with E-state index in [1.807, 2.05) is 23.4 Å². The average molecular weight is 251 g/mol. The number of rotatable bonds is 4. The van der Waals surface area contributed by atoms with Crippen molar-refractivity contribution in [2.75, 3.05) is 25.6 Å². The minimum Gasteiger partial charge on any atom is -0.469 e. The normalized spacial score (nSPS) is 10.5. The quantitative estimate of drug-likeness (QED) is 0.774. The fraction of sp³-hybridized carbons (Fsp3) is 0.364. The molecule has 0 N–H and O–H groups in total. The van der Waals surface area contributed by atoms with Crippen LogP contribution in [0.3, 0.4) is 0 Å². The van der Waals surface area contributed by atoms with Crippen LogP contribution in [0.5, 0.6) is 0 Å². The van der Waals surface area contributed by atoms with Gasteiger partial charge in [0.15, 0.2) is 0 Å². The minimum atomic E-state index is -0.215. The van der Waals surface area contributed by atoms with E-state index in [-0.39, 0.29) is 5.97 Å². The second-order valence-corrected chi connectivity index (χ2v) is 4.48. The number of hydrogen-bond donors (Lipinski definition) is 0. The smallest absolute Gasteiger partial charge is 0.307 e. The van der Waals surface area contributed by atoms with E-state index in [9.17, 15) is 4.79 Å². The van der Waals surface area contributed by atoms with Crippen LogP contribution in [0, 0.1) is 0 Å². The van der Waals surface area contributed by atoms with Gasteiger partial charge in [-0.25, -0.2) is 9.97 Å². The van der Waals surface area contributed by atoms with Crippen molar-refractivity contribution in [3.63, 3.8) is 0 Å². The molecule has 0 fully saturated rings. The Morgan fingerprint density at radius 1 is 1.53 bits per heavy atom. The molecule has 2 heterocycles. The molecular weight excluding hydrogens is 238 g/mol. The number of carbonyl (C=O) groups is 1. The maximum Gasteiger partial charge on any atom is 0.307 e. The molecule has 0 aromatic carbocycles. The Balaban J connectivity index is 2.15. The van der Waals surface area contributed by atoms with Gasteiger partial charge < -0.3 is 9.64 Å². The minimum absolute atomic E-state index is 0.215. The number of hydrogen-bond acceptors (Lipinski definition) is 6. The van der Waals surface area contributed by atoms with Gasteiger partial charge in [0.1, 0.15) is 17.0 Å². The predicted octanol–water partition coefficient (Wildman–Crippen LogP) is 1.69. The molecule has 0 amide bonds. The number of anilines is 1. The molecule has 17 heavy (non-hydrogen) atoms. The van der Waals surface area contributed by atoms with Crippen molar-refractivity contribution in [3.8, 4) is 0 Å². The molecule has 5 nitrogen and oxygen atoms in total. The highest BCUT2D eigenvalue weighted by Crippen LogP contribution is 2.25. The van der Waals surface area contributed by atoms with Crippen molar-refractivity contribution in [1.82, 2.24) is 9.97 Å². The Morgan fingerprint density at radius 3 is 3.12 bits per heavy atom. The second kappa shape index (κ2) is 5.09. The van der Waals surface area contributed by atoms with E-state index in [1.165, 1.54) is 7.11 Å². The van der Waals surface area contributed by atoms with Crippen molar-refractivity contribution < 1.29 is 9.53 Å². The zero-order chi connectivity index (χ0) is 12.3. The van der Waals surface area contributed by atoms with Gasteiger partial charge in [-0.2, -0.15) is 0 Å². The zero-order valence-electron chi connectivity index (χ0n) is 9.71. The Bertz CT molecular complexity index is 526. The number of ether oxygens (including phenoxy) is 1. The number of fused-ring (bicyclic) bond motifs is 1. The summed E-state index contributed by atoms with van der Waals surface area (Å²) in [7, 11) is 3.30. The number of aromatic nitrogens is 2.